The van der Waals surface area contributed by atoms with Crippen molar-refractivity contribution < 1.29 is 24.5 Å². The van der Waals surface area contributed by atoms with Crippen molar-refractivity contribution in [2.75, 3.05) is 0 Å². The van der Waals surface area contributed by atoms with Gasteiger partial charge in [0, 0.05) is 37.9 Å². The Balaban J connectivity index is 0.000000218. The second-order valence-corrected chi connectivity index (χ2v) is 19.4. The fourth-order valence-electron chi connectivity index (χ4n) is 6.39. The van der Waals surface area contributed by atoms with Gasteiger partial charge < -0.3 is 14.4 Å². The van der Waals surface area contributed by atoms with Crippen molar-refractivity contribution in [1.82, 2.24) is 9.97 Å². The summed E-state index contributed by atoms with van der Waals surface area (Å²) in [5.41, 5.74) is 12.8. The van der Waals surface area contributed by atoms with Crippen LogP contribution in [0.2, 0.25) is 19.6 Å². The maximum Gasteiger partial charge on any atom is 0.120 e. The van der Waals surface area contributed by atoms with Crippen molar-refractivity contribution in [2.45, 2.75) is 46.3 Å². The Labute approximate surface area is 322 Å². The van der Waals surface area contributed by atoms with Gasteiger partial charge in [0.1, 0.15) is 5.58 Å². The van der Waals surface area contributed by atoms with E-state index in [9.17, 15) is 0 Å². The minimum absolute atomic E-state index is 0. The Morgan fingerprint density at radius 1 is 0.673 bits per heavy atom. The van der Waals surface area contributed by atoms with E-state index in [0.29, 0.717) is 5.92 Å². The van der Waals surface area contributed by atoms with Gasteiger partial charge in [0.25, 0.3) is 0 Å². The molecule has 8 rings (SSSR count). The van der Waals surface area contributed by atoms with Gasteiger partial charge in [0.05, 0.1) is 13.7 Å². The summed E-state index contributed by atoms with van der Waals surface area (Å²) in [6, 6.07) is 50.9. The molecule has 3 aromatic heterocycles. The van der Waals surface area contributed by atoms with Crippen molar-refractivity contribution in [3.8, 4) is 44.8 Å². The van der Waals surface area contributed by atoms with Gasteiger partial charge in [-0.1, -0.05) is 154 Å². The predicted molar refractivity (Wildman–Crippen MR) is 217 cm³/mol. The monoisotopic (exact) mass is 871 g/mol. The molecule has 1 radical (unpaired) electrons. The molecule has 0 fully saturated rings. The zero-order valence-corrected chi connectivity index (χ0v) is 33.9. The van der Waals surface area contributed by atoms with Gasteiger partial charge in [-0.25, -0.2) is 0 Å². The molecule has 0 bridgehead atoms. The molecule has 52 heavy (non-hydrogen) atoms. The number of hydrogen-bond acceptors (Lipinski definition) is 3. The fourth-order valence-corrected chi connectivity index (χ4v) is 7.42. The molecule has 0 saturated heterocycles. The van der Waals surface area contributed by atoms with E-state index in [2.05, 4.69) is 160 Å². The summed E-state index contributed by atoms with van der Waals surface area (Å²) in [4.78, 5) is 9.25. The van der Waals surface area contributed by atoms with E-state index in [1.807, 2.05) is 42.7 Å². The Bertz CT molecular complexity index is 2430. The maximum atomic E-state index is 6.42. The summed E-state index contributed by atoms with van der Waals surface area (Å²) in [7, 11) is -1.24. The van der Waals surface area contributed by atoms with E-state index >= 15 is 0 Å². The summed E-state index contributed by atoms with van der Waals surface area (Å²) in [6.45, 7) is 13.5. The van der Waals surface area contributed by atoms with Crippen LogP contribution < -0.4 is 5.19 Å². The van der Waals surface area contributed by atoms with Gasteiger partial charge in [-0.2, -0.15) is 0 Å². The van der Waals surface area contributed by atoms with Gasteiger partial charge in [-0.3, -0.25) is 0 Å². The molecule has 0 amide bonds. The summed E-state index contributed by atoms with van der Waals surface area (Å²) in [5.74, 6) is 0.426. The van der Waals surface area contributed by atoms with Crippen LogP contribution in [0.4, 0.5) is 0 Å². The third-order valence-electron chi connectivity index (χ3n) is 9.41. The molecule has 5 aromatic carbocycles. The quantitative estimate of drug-likeness (QED) is 0.123. The second kappa shape index (κ2) is 15.8. The van der Waals surface area contributed by atoms with Crippen LogP contribution >= 0.6 is 0 Å². The number of nitrogens with zero attached hydrogens (tertiary/aromatic N) is 2. The Hall–Kier alpha value is -4.93. The third kappa shape index (κ3) is 7.78. The molecule has 0 aliphatic carbocycles. The topological polar surface area (TPSA) is 38.9 Å². The van der Waals surface area contributed by atoms with E-state index in [-0.39, 0.29) is 20.1 Å². The number of aryl methyl sites for hydroxylation is 1. The van der Waals surface area contributed by atoms with Crippen LogP contribution in [0.15, 0.2) is 144 Å². The molecule has 0 aliphatic rings. The molecule has 0 atom stereocenters. The molecule has 0 unspecified atom stereocenters. The molecule has 0 saturated carbocycles. The first-order chi connectivity index (χ1) is 24.7. The van der Waals surface area contributed by atoms with Crippen molar-refractivity contribution in [1.29, 1.82) is 0 Å². The molecule has 8 aromatic rings. The number of rotatable bonds is 6. The van der Waals surface area contributed by atoms with E-state index < -0.39 is 8.07 Å². The normalized spacial score (nSPS) is 11.3. The van der Waals surface area contributed by atoms with Gasteiger partial charge in [-0.15, -0.1) is 47.5 Å². The third-order valence-corrected chi connectivity index (χ3v) is 11.4. The van der Waals surface area contributed by atoms with Crippen molar-refractivity contribution in [2.24, 2.45) is 0 Å². The first-order valence-corrected chi connectivity index (χ1v) is 21.1. The van der Waals surface area contributed by atoms with Crippen molar-refractivity contribution in [3.05, 3.63) is 163 Å². The largest absolute Gasteiger partial charge is 0.501 e. The standard InChI is InChI=1S/C32H24NO.C15H18NSi.Ir/c1-21(2)25-18-19-33-29(20-25)27-17-16-26(31-28-10-6-7-11-30(28)34-32(27)31)24-14-12-23(13-15-24)22-8-4-3-5-9-22;1-12-7-5-6-8-14(12)15-10-9-13(11-16-15)17(2,3)4;/h3-16,18-21H,1-2H3;5-7,9-11H,1-4H3;/q2*-1;. The number of fused-ring (bicyclic) bond motifs is 3. The minimum Gasteiger partial charge on any atom is -0.501 e. The number of aromatic nitrogens is 2. The summed E-state index contributed by atoms with van der Waals surface area (Å²) >= 11 is 0. The van der Waals surface area contributed by atoms with Crippen LogP contribution in [0, 0.1) is 19.1 Å². The van der Waals surface area contributed by atoms with Crippen LogP contribution in [0.3, 0.4) is 0 Å². The maximum absolute atomic E-state index is 6.42. The van der Waals surface area contributed by atoms with E-state index in [0.717, 1.165) is 55.6 Å². The SMILES string of the molecule is CC(C)c1ccnc(-c2[c-]cc(-c3ccc(-c4ccccc4)cc3)c3c2oc2ccccc23)c1.Cc1ccc[c-]c1-c1ccc([Si](C)(C)C)cn1.[Ir]. The number of hydrogen-bond donors (Lipinski definition) is 0. The van der Waals surface area contributed by atoms with Crippen LogP contribution in [0.25, 0.3) is 66.7 Å². The fraction of sp³-hybridized carbons (Fsp3) is 0.149. The summed E-state index contributed by atoms with van der Waals surface area (Å²) in [6.07, 6.45) is 3.91. The van der Waals surface area contributed by atoms with Crippen LogP contribution in [0.1, 0.15) is 30.9 Å². The van der Waals surface area contributed by atoms with Crippen molar-refractivity contribution in [3.63, 3.8) is 0 Å². The molecular formula is C47H42IrN2OSi-2. The van der Waals surface area contributed by atoms with Gasteiger partial charge >= 0.3 is 0 Å². The van der Waals surface area contributed by atoms with Crippen molar-refractivity contribution >= 4 is 35.2 Å². The average Bonchev–Trinajstić information content (AvgIpc) is 3.55. The van der Waals surface area contributed by atoms with Gasteiger partial charge in [-0.05, 0) is 51.1 Å². The molecule has 3 heterocycles. The molecule has 261 valence electrons. The smallest absolute Gasteiger partial charge is 0.120 e. The summed E-state index contributed by atoms with van der Waals surface area (Å²) in [5, 5.41) is 3.61. The molecule has 0 aliphatic heterocycles. The predicted octanol–water partition coefficient (Wildman–Crippen LogP) is 12.3. The number of para-hydroxylation sites is 1. The first kappa shape index (κ1) is 36.8. The zero-order valence-electron chi connectivity index (χ0n) is 30.5. The van der Waals surface area contributed by atoms with Crippen LogP contribution in [0.5, 0.6) is 0 Å². The first-order valence-electron chi connectivity index (χ1n) is 17.6. The van der Waals surface area contributed by atoms with Gasteiger partial charge in [0.2, 0.25) is 0 Å². The molecular weight excluding hydrogens is 829 g/mol. The number of furan rings is 1. The molecule has 0 N–H and O–H groups in total. The Morgan fingerprint density at radius 3 is 2.08 bits per heavy atom. The number of pyridine rings is 2. The minimum atomic E-state index is -1.24. The average molecular weight is 871 g/mol. The second-order valence-electron chi connectivity index (χ2n) is 14.4. The van der Waals surface area contributed by atoms with E-state index in [1.54, 1.807) is 0 Å². The Kier molecular flexibility index (Phi) is 11.2. The van der Waals surface area contributed by atoms with Crippen LogP contribution in [-0.4, -0.2) is 18.0 Å². The number of benzene rings is 5. The Morgan fingerprint density at radius 2 is 1.38 bits per heavy atom. The zero-order chi connectivity index (χ0) is 35.5. The van der Waals surface area contributed by atoms with Crippen LogP contribution in [-0.2, 0) is 20.1 Å². The molecule has 3 nitrogen and oxygen atoms in total. The van der Waals surface area contributed by atoms with Gasteiger partial charge in [0.15, 0.2) is 0 Å². The molecule has 0 spiro atoms. The van der Waals surface area contributed by atoms with E-state index in [4.69, 9.17) is 4.42 Å². The summed E-state index contributed by atoms with van der Waals surface area (Å²) < 4.78 is 6.42. The van der Waals surface area contributed by atoms with E-state index in [1.165, 1.54) is 27.4 Å². The molecule has 5 heteroatoms.